The number of methoxy groups -OCH3 is 1. The molecule has 0 unspecified atom stereocenters. The third-order valence-corrected chi connectivity index (χ3v) is 3.70. The van der Waals surface area contributed by atoms with Gasteiger partial charge in [-0.3, -0.25) is 9.59 Å². The second-order valence-corrected chi connectivity index (χ2v) is 7.75. The van der Waals surface area contributed by atoms with Gasteiger partial charge in [-0.25, -0.2) is 9.59 Å². The monoisotopic (exact) mass is 472 g/mol. The van der Waals surface area contributed by atoms with Crippen molar-refractivity contribution in [1.82, 2.24) is 16.0 Å². The van der Waals surface area contributed by atoms with E-state index in [9.17, 15) is 19.2 Å². The van der Waals surface area contributed by atoms with E-state index in [0.29, 0.717) is 0 Å². The largest absolute Gasteiger partial charge is 0.467 e. The minimum atomic E-state index is -1.53. The molecular formula is C21H36N4O8. The summed E-state index contributed by atoms with van der Waals surface area (Å²) in [5, 5.41) is 7.03. The van der Waals surface area contributed by atoms with Crippen LogP contribution in [0.5, 0.6) is 0 Å². The van der Waals surface area contributed by atoms with Crippen molar-refractivity contribution >= 4 is 23.9 Å². The topological polar surface area (TPSA) is 167 Å². The molecule has 12 heteroatoms. The summed E-state index contributed by atoms with van der Waals surface area (Å²) in [5.41, 5.74) is 4.98. The first kappa shape index (κ1) is 30.0. The van der Waals surface area contributed by atoms with E-state index >= 15 is 0 Å². The van der Waals surface area contributed by atoms with Crippen LogP contribution in [0.25, 0.3) is 0 Å². The highest BCUT2D eigenvalue weighted by atomic mass is 16.6. The highest BCUT2D eigenvalue weighted by molar-refractivity contribution is 5.92. The molecule has 0 bridgehead atoms. The molecular weight excluding hydrogens is 436 g/mol. The van der Waals surface area contributed by atoms with Crippen molar-refractivity contribution in [2.75, 3.05) is 33.5 Å². The molecule has 0 radical (unpaired) electrons. The standard InChI is InChI=1S/C21H36N4O8/c1-7-10-31-12-9-14(19(28)30-6)23-18(27)16(22)25-17(26)15(13-32-11-8-2)24-20(29)33-21(3,4)5/h7-8,14-16H,1-2,9-13,22H2,3-6H3,(H,23,27)(H,24,29)(H,25,26)/t14-,15-,16+/m0/s1. The summed E-state index contributed by atoms with van der Waals surface area (Å²) in [6.07, 6.45) is 0.741. The van der Waals surface area contributed by atoms with E-state index in [0.717, 1.165) is 0 Å². The van der Waals surface area contributed by atoms with Gasteiger partial charge in [-0.1, -0.05) is 12.2 Å². The van der Waals surface area contributed by atoms with Gasteiger partial charge in [-0.2, -0.15) is 0 Å². The van der Waals surface area contributed by atoms with Gasteiger partial charge in [0.05, 0.1) is 26.9 Å². The quantitative estimate of drug-likeness (QED) is 0.109. The predicted octanol–water partition coefficient (Wildman–Crippen LogP) is -0.266. The predicted molar refractivity (Wildman–Crippen MR) is 120 cm³/mol. The maximum Gasteiger partial charge on any atom is 0.408 e. The molecule has 0 fully saturated rings. The number of carbonyl (C=O) groups excluding carboxylic acids is 4. The van der Waals surface area contributed by atoms with Crippen molar-refractivity contribution in [3.63, 3.8) is 0 Å². The van der Waals surface area contributed by atoms with Gasteiger partial charge in [0, 0.05) is 13.0 Å². The van der Waals surface area contributed by atoms with Gasteiger partial charge in [0.15, 0.2) is 6.17 Å². The molecule has 3 atom stereocenters. The Labute approximate surface area is 194 Å². The van der Waals surface area contributed by atoms with E-state index in [2.05, 4.69) is 33.8 Å². The third-order valence-electron chi connectivity index (χ3n) is 3.70. The number of rotatable bonds is 15. The lowest BCUT2D eigenvalue weighted by molar-refractivity contribution is -0.146. The first-order valence-corrected chi connectivity index (χ1v) is 10.3. The zero-order valence-electron chi connectivity index (χ0n) is 19.7. The van der Waals surface area contributed by atoms with Gasteiger partial charge >= 0.3 is 12.1 Å². The van der Waals surface area contributed by atoms with Crippen LogP contribution in [0.2, 0.25) is 0 Å². The van der Waals surface area contributed by atoms with Gasteiger partial charge in [-0.05, 0) is 20.8 Å². The Hall–Kier alpha value is -2.96. The molecule has 0 aliphatic carbocycles. The van der Waals surface area contributed by atoms with Crippen LogP contribution in [0.15, 0.2) is 25.3 Å². The first-order chi connectivity index (χ1) is 15.4. The average Bonchev–Trinajstić information content (AvgIpc) is 2.73. The zero-order valence-corrected chi connectivity index (χ0v) is 19.7. The molecule has 3 amide bonds. The normalized spacial score (nSPS) is 13.6. The molecule has 0 aliphatic rings. The summed E-state index contributed by atoms with van der Waals surface area (Å²) < 4.78 is 20.3. The van der Waals surface area contributed by atoms with Crippen LogP contribution in [0.3, 0.4) is 0 Å². The molecule has 0 aromatic rings. The van der Waals surface area contributed by atoms with E-state index in [1.165, 1.54) is 19.3 Å². The molecule has 0 aliphatic heterocycles. The number of nitrogens with two attached hydrogens (primary N) is 1. The fraction of sp³-hybridized carbons (Fsp3) is 0.619. The Bertz CT molecular complexity index is 678. The summed E-state index contributed by atoms with van der Waals surface area (Å²) in [6, 6.07) is -2.25. The lowest BCUT2D eigenvalue weighted by Crippen LogP contribution is -2.60. The lowest BCUT2D eigenvalue weighted by atomic mass is 10.2. The van der Waals surface area contributed by atoms with Crippen molar-refractivity contribution in [2.45, 2.75) is 51.0 Å². The van der Waals surface area contributed by atoms with Gasteiger partial charge in [0.1, 0.15) is 17.7 Å². The van der Waals surface area contributed by atoms with Crippen LogP contribution >= 0.6 is 0 Å². The van der Waals surface area contributed by atoms with E-state index in [-0.39, 0.29) is 32.8 Å². The van der Waals surface area contributed by atoms with Crippen molar-refractivity contribution in [3.8, 4) is 0 Å². The molecule has 188 valence electrons. The second kappa shape index (κ2) is 15.8. The minimum absolute atomic E-state index is 0.116. The van der Waals surface area contributed by atoms with E-state index < -0.39 is 47.7 Å². The molecule has 5 N–H and O–H groups in total. The summed E-state index contributed by atoms with van der Waals surface area (Å²) in [7, 11) is 1.17. The number of esters is 1. The highest BCUT2D eigenvalue weighted by Gasteiger charge is 2.29. The Morgan fingerprint density at radius 3 is 2.09 bits per heavy atom. The fourth-order valence-electron chi connectivity index (χ4n) is 2.24. The van der Waals surface area contributed by atoms with Crippen LogP contribution in [0.4, 0.5) is 4.79 Å². The van der Waals surface area contributed by atoms with E-state index in [4.69, 9.17) is 19.9 Å². The molecule has 0 saturated carbocycles. The number of carbonyl (C=O) groups is 4. The van der Waals surface area contributed by atoms with Crippen molar-refractivity contribution < 1.29 is 38.1 Å². The van der Waals surface area contributed by atoms with Crippen LogP contribution in [0.1, 0.15) is 27.2 Å². The first-order valence-electron chi connectivity index (χ1n) is 10.3. The SMILES string of the molecule is C=CCOCC[C@H](NC(=O)[C@H](N)NC(=O)[C@H](COCC=C)NC(=O)OC(C)(C)C)C(=O)OC. The Kier molecular flexibility index (Phi) is 14.4. The smallest absolute Gasteiger partial charge is 0.408 e. The van der Waals surface area contributed by atoms with E-state index in [1.54, 1.807) is 20.8 Å². The third kappa shape index (κ3) is 13.9. The Morgan fingerprint density at radius 2 is 1.55 bits per heavy atom. The van der Waals surface area contributed by atoms with Gasteiger partial charge < -0.3 is 40.6 Å². The van der Waals surface area contributed by atoms with Gasteiger partial charge in [0.25, 0.3) is 5.91 Å². The number of hydrogen-bond acceptors (Lipinski definition) is 9. The van der Waals surface area contributed by atoms with Gasteiger partial charge in [-0.15, -0.1) is 13.2 Å². The molecule has 0 saturated heterocycles. The molecule has 0 spiro atoms. The van der Waals surface area contributed by atoms with Crippen molar-refractivity contribution in [1.29, 1.82) is 0 Å². The summed E-state index contributed by atoms with van der Waals surface area (Å²) in [6.45, 7) is 12.3. The van der Waals surface area contributed by atoms with Crippen LogP contribution in [-0.4, -0.2) is 81.3 Å². The van der Waals surface area contributed by atoms with Crippen LogP contribution in [-0.2, 0) is 33.3 Å². The summed E-state index contributed by atoms with van der Waals surface area (Å²) >= 11 is 0. The maximum absolute atomic E-state index is 12.6. The van der Waals surface area contributed by atoms with Gasteiger partial charge in [0.2, 0.25) is 5.91 Å². The molecule has 0 heterocycles. The van der Waals surface area contributed by atoms with E-state index in [1.807, 2.05) is 0 Å². The summed E-state index contributed by atoms with van der Waals surface area (Å²) in [4.78, 5) is 49.0. The summed E-state index contributed by atoms with van der Waals surface area (Å²) in [5.74, 6) is -2.34. The fourth-order valence-corrected chi connectivity index (χ4v) is 2.24. The molecule has 33 heavy (non-hydrogen) atoms. The Balaban J connectivity index is 5.05. The number of nitrogens with one attached hydrogen (secondary N) is 3. The zero-order chi connectivity index (χ0) is 25.4. The van der Waals surface area contributed by atoms with Crippen molar-refractivity contribution in [2.24, 2.45) is 5.73 Å². The van der Waals surface area contributed by atoms with Crippen molar-refractivity contribution in [3.05, 3.63) is 25.3 Å². The molecule has 0 aromatic carbocycles. The molecule has 0 rings (SSSR count). The number of amides is 3. The molecule has 0 aromatic heterocycles. The van der Waals surface area contributed by atoms with Crippen LogP contribution in [0, 0.1) is 0 Å². The number of hydrogen-bond donors (Lipinski definition) is 4. The van der Waals surface area contributed by atoms with Crippen LogP contribution < -0.4 is 21.7 Å². The number of ether oxygens (including phenoxy) is 4. The maximum atomic E-state index is 12.6. The second-order valence-electron chi connectivity index (χ2n) is 7.75. The molecule has 12 nitrogen and oxygen atoms in total. The highest BCUT2D eigenvalue weighted by Crippen LogP contribution is 2.07. The average molecular weight is 473 g/mol. The number of alkyl carbamates (subject to hydrolysis) is 1. The Morgan fingerprint density at radius 1 is 0.939 bits per heavy atom. The minimum Gasteiger partial charge on any atom is -0.467 e. The lowest BCUT2D eigenvalue weighted by Gasteiger charge is -2.24.